The minimum Gasteiger partial charge on any atom is -0.467 e. The van der Waals surface area contributed by atoms with Crippen LogP contribution in [0.3, 0.4) is 0 Å². The maximum atomic E-state index is 12.9. The molecule has 1 aliphatic heterocycles. The highest BCUT2D eigenvalue weighted by Crippen LogP contribution is 2.42. The number of carbonyl (C=O) groups is 2. The molecule has 0 aromatic carbocycles. The Morgan fingerprint density at radius 2 is 2.04 bits per heavy atom. The molecule has 1 amide bonds. The van der Waals surface area contributed by atoms with Gasteiger partial charge in [0.15, 0.2) is 0 Å². The van der Waals surface area contributed by atoms with Gasteiger partial charge in [0.25, 0.3) is 0 Å². The lowest BCUT2D eigenvalue weighted by molar-refractivity contribution is -0.152. The van der Waals surface area contributed by atoms with Crippen molar-refractivity contribution in [1.82, 2.24) is 14.7 Å². The Kier molecular flexibility index (Phi) is 4.17. The molecule has 1 aromatic heterocycles. The van der Waals surface area contributed by atoms with E-state index in [1.807, 2.05) is 20.9 Å². The third-order valence-electron chi connectivity index (χ3n) is 5.64. The summed E-state index contributed by atoms with van der Waals surface area (Å²) in [5.41, 5.74) is 2.86. The molecule has 2 fully saturated rings. The fourth-order valence-electron chi connectivity index (χ4n) is 4.31. The van der Waals surface area contributed by atoms with Crippen molar-refractivity contribution in [2.75, 3.05) is 13.7 Å². The van der Waals surface area contributed by atoms with Gasteiger partial charge in [0.2, 0.25) is 5.91 Å². The number of ether oxygens (including phenoxy) is 1. The first kappa shape index (κ1) is 16.0. The van der Waals surface area contributed by atoms with Crippen molar-refractivity contribution in [3.8, 4) is 0 Å². The Bertz CT molecular complexity index is 637. The van der Waals surface area contributed by atoms with Gasteiger partial charge in [-0.3, -0.25) is 9.48 Å². The third-order valence-corrected chi connectivity index (χ3v) is 5.64. The third kappa shape index (κ3) is 2.64. The summed E-state index contributed by atoms with van der Waals surface area (Å²) in [4.78, 5) is 26.9. The van der Waals surface area contributed by atoms with Gasteiger partial charge in [-0.1, -0.05) is 6.42 Å². The SMILES string of the molecule is COC(=O)[C@@H]1[C@H]2CCC[C@@H]2CN1C(=O)Cc1c(C)nn(C)c1C. The van der Waals surface area contributed by atoms with Gasteiger partial charge in [0, 0.05) is 24.8 Å². The molecule has 6 nitrogen and oxygen atoms in total. The summed E-state index contributed by atoms with van der Waals surface area (Å²) < 4.78 is 6.78. The predicted octanol–water partition coefficient (Wildman–Crippen LogP) is 1.38. The van der Waals surface area contributed by atoms with Gasteiger partial charge < -0.3 is 9.64 Å². The van der Waals surface area contributed by atoms with Crippen LogP contribution in [0, 0.1) is 25.7 Å². The van der Waals surface area contributed by atoms with Crippen LogP contribution in [0.25, 0.3) is 0 Å². The Balaban J connectivity index is 1.82. The number of rotatable bonds is 3. The zero-order valence-electron chi connectivity index (χ0n) is 14.3. The number of aryl methyl sites for hydroxylation is 2. The first-order valence-corrected chi connectivity index (χ1v) is 8.30. The monoisotopic (exact) mass is 319 g/mol. The Hall–Kier alpha value is -1.85. The van der Waals surface area contributed by atoms with Gasteiger partial charge >= 0.3 is 5.97 Å². The Labute approximate surface area is 136 Å². The second-order valence-electron chi connectivity index (χ2n) is 6.82. The van der Waals surface area contributed by atoms with Gasteiger partial charge in [-0.15, -0.1) is 0 Å². The maximum Gasteiger partial charge on any atom is 0.328 e. The van der Waals surface area contributed by atoms with Crippen LogP contribution in [0.4, 0.5) is 0 Å². The fourth-order valence-corrected chi connectivity index (χ4v) is 4.31. The number of fused-ring (bicyclic) bond motifs is 1. The highest BCUT2D eigenvalue weighted by atomic mass is 16.5. The van der Waals surface area contributed by atoms with Crippen molar-refractivity contribution in [2.24, 2.45) is 18.9 Å². The summed E-state index contributed by atoms with van der Waals surface area (Å²) in [7, 11) is 3.29. The lowest BCUT2D eigenvalue weighted by Crippen LogP contribution is -2.44. The summed E-state index contributed by atoms with van der Waals surface area (Å²) >= 11 is 0. The zero-order valence-corrected chi connectivity index (χ0v) is 14.3. The molecule has 0 N–H and O–H groups in total. The average molecular weight is 319 g/mol. The molecular weight excluding hydrogens is 294 g/mol. The zero-order chi connectivity index (χ0) is 16.7. The first-order valence-electron chi connectivity index (χ1n) is 8.30. The van der Waals surface area contributed by atoms with Crippen molar-refractivity contribution in [1.29, 1.82) is 0 Å². The molecule has 3 atom stereocenters. The topological polar surface area (TPSA) is 64.4 Å². The molecule has 0 radical (unpaired) electrons. The summed E-state index contributed by atoms with van der Waals surface area (Å²) in [6.07, 6.45) is 3.57. The summed E-state index contributed by atoms with van der Waals surface area (Å²) in [5, 5.41) is 4.37. The van der Waals surface area contributed by atoms with Crippen molar-refractivity contribution in [3.05, 3.63) is 17.0 Å². The summed E-state index contributed by atoms with van der Waals surface area (Å²) in [6, 6.07) is -0.405. The molecule has 0 spiro atoms. The maximum absolute atomic E-state index is 12.9. The van der Waals surface area contributed by atoms with E-state index >= 15 is 0 Å². The molecule has 1 saturated heterocycles. The predicted molar refractivity (Wildman–Crippen MR) is 84.7 cm³/mol. The van der Waals surface area contributed by atoms with E-state index in [0.29, 0.717) is 18.9 Å². The number of likely N-dealkylation sites (tertiary alicyclic amines) is 1. The first-order chi connectivity index (χ1) is 10.9. The quantitative estimate of drug-likeness (QED) is 0.790. The number of nitrogens with zero attached hydrogens (tertiary/aromatic N) is 3. The van der Waals surface area contributed by atoms with Gasteiger partial charge in [-0.05, 0) is 38.5 Å². The smallest absolute Gasteiger partial charge is 0.328 e. The minimum atomic E-state index is -0.405. The van der Waals surface area contributed by atoms with E-state index in [4.69, 9.17) is 4.74 Å². The average Bonchev–Trinajstić information content (AvgIpc) is 3.16. The summed E-state index contributed by atoms with van der Waals surface area (Å²) in [5.74, 6) is 0.447. The molecule has 0 unspecified atom stereocenters. The van der Waals surface area contributed by atoms with Gasteiger partial charge in [0.05, 0.1) is 19.2 Å². The van der Waals surface area contributed by atoms with E-state index in [9.17, 15) is 9.59 Å². The van der Waals surface area contributed by atoms with Crippen LogP contribution in [-0.4, -0.2) is 46.3 Å². The number of carbonyl (C=O) groups excluding carboxylic acids is 2. The highest BCUT2D eigenvalue weighted by Gasteiger charge is 2.49. The largest absolute Gasteiger partial charge is 0.467 e. The van der Waals surface area contributed by atoms with Crippen molar-refractivity contribution >= 4 is 11.9 Å². The van der Waals surface area contributed by atoms with Crippen LogP contribution in [0.2, 0.25) is 0 Å². The number of amides is 1. The number of methoxy groups -OCH3 is 1. The van der Waals surface area contributed by atoms with Crippen LogP contribution in [-0.2, 0) is 27.8 Å². The molecule has 6 heteroatoms. The van der Waals surface area contributed by atoms with Gasteiger partial charge in [-0.25, -0.2) is 4.79 Å². The van der Waals surface area contributed by atoms with Gasteiger partial charge in [0.1, 0.15) is 6.04 Å². The lowest BCUT2D eigenvalue weighted by atomic mass is 9.94. The normalized spacial score (nSPS) is 26.4. The van der Waals surface area contributed by atoms with Gasteiger partial charge in [-0.2, -0.15) is 5.10 Å². The Morgan fingerprint density at radius 1 is 1.30 bits per heavy atom. The number of hydrogen-bond acceptors (Lipinski definition) is 4. The molecular formula is C17H25N3O3. The number of aromatic nitrogens is 2. The van der Waals surface area contributed by atoms with E-state index in [-0.39, 0.29) is 17.8 Å². The second-order valence-corrected chi connectivity index (χ2v) is 6.82. The van der Waals surface area contributed by atoms with Crippen LogP contribution < -0.4 is 0 Å². The second kappa shape index (κ2) is 5.98. The van der Waals surface area contributed by atoms with E-state index in [1.54, 1.807) is 9.58 Å². The minimum absolute atomic E-state index is 0.00833. The van der Waals surface area contributed by atoms with Crippen molar-refractivity contribution < 1.29 is 14.3 Å². The van der Waals surface area contributed by atoms with Crippen LogP contribution in [0.5, 0.6) is 0 Å². The van der Waals surface area contributed by atoms with Crippen molar-refractivity contribution in [2.45, 2.75) is 45.6 Å². The van der Waals surface area contributed by atoms with E-state index in [2.05, 4.69) is 5.10 Å². The molecule has 0 bridgehead atoms. The van der Waals surface area contributed by atoms with Crippen molar-refractivity contribution in [3.63, 3.8) is 0 Å². The Morgan fingerprint density at radius 3 is 2.65 bits per heavy atom. The van der Waals surface area contributed by atoms with E-state index < -0.39 is 6.04 Å². The standard InChI is InChI=1S/C17H25N3O3/c1-10-14(11(2)19(3)18-10)8-15(21)20-9-12-6-5-7-13(12)16(20)17(22)23-4/h12-13,16H,5-9H2,1-4H3/t12-,13+,16+/m1/s1. The molecule has 3 rings (SSSR count). The lowest BCUT2D eigenvalue weighted by Gasteiger charge is -2.25. The number of hydrogen-bond donors (Lipinski definition) is 0. The van der Waals surface area contributed by atoms with E-state index in [0.717, 1.165) is 36.2 Å². The van der Waals surface area contributed by atoms with Crippen LogP contribution in [0.1, 0.15) is 36.2 Å². The van der Waals surface area contributed by atoms with Crippen LogP contribution >= 0.6 is 0 Å². The molecule has 2 heterocycles. The molecule has 1 aromatic rings. The molecule has 1 saturated carbocycles. The van der Waals surface area contributed by atoms with Crippen LogP contribution in [0.15, 0.2) is 0 Å². The molecule has 1 aliphatic carbocycles. The highest BCUT2D eigenvalue weighted by molar-refractivity contribution is 5.87. The molecule has 126 valence electrons. The summed E-state index contributed by atoms with van der Waals surface area (Å²) in [6.45, 7) is 4.58. The fraction of sp³-hybridized carbons (Fsp3) is 0.706. The number of esters is 1. The van der Waals surface area contributed by atoms with E-state index in [1.165, 1.54) is 7.11 Å². The molecule has 23 heavy (non-hydrogen) atoms. The molecule has 2 aliphatic rings.